The molecule has 0 bridgehead atoms. The zero-order valence-corrected chi connectivity index (χ0v) is 14.4. The molecule has 1 aromatic heterocycles. The minimum atomic E-state index is -0.685. The molecule has 0 radical (unpaired) electrons. The summed E-state index contributed by atoms with van der Waals surface area (Å²) in [6.45, 7) is 4.08. The number of imide groups is 2. The molecule has 1 aliphatic carbocycles. The van der Waals surface area contributed by atoms with Gasteiger partial charge in [0.1, 0.15) is 5.57 Å². The van der Waals surface area contributed by atoms with Crippen molar-refractivity contribution in [3.8, 4) is 0 Å². The van der Waals surface area contributed by atoms with Crippen LogP contribution in [0.5, 0.6) is 0 Å². The number of nitrogens with zero attached hydrogens (tertiary/aromatic N) is 2. The van der Waals surface area contributed by atoms with Gasteiger partial charge < -0.3 is 4.57 Å². The van der Waals surface area contributed by atoms with E-state index in [2.05, 4.69) is 16.8 Å². The van der Waals surface area contributed by atoms with E-state index < -0.39 is 17.8 Å². The summed E-state index contributed by atoms with van der Waals surface area (Å²) in [4.78, 5) is 36.7. The van der Waals surface area contributed by atoms with Gasteiger partial charge in [0.05, 0.1) is 0 Å². The van der Waals surface area contributed by atoms with Crippen molar-refractivity contribution in [3.05, 3.63) is 28.6 Å². The molecule has 2 fully saturated rings. The van der Waals surface area contributed by atoms with Crippen molar-refractivity contribution in [1.29, 1.82) is 0 Å². The second kappa shape index (κ2) is 6.26. The van der Waals surface area contributed by atoms with Crippen molar-refractivity contribution in [2.45, 2.75) is 52.0 Å². The van der Waals surface area contributed by atoms with Crippen molar-refractivity contribution in [2.75, 3.05) is 7.05 Å². The van der Waals surface area contributed by atoms with E-state index in [9.17, 15) is 14.4 Å². The molecule has 24 heavy (non-hydrogen) atoms. The number of barbiturate groups is 1. The number of nitrogens with one attached hydrogen (secondary N) is 1. The maximum Gasteiger partial charge on any atom is 0.331 e. The van der Waals surface area contributed by atoms with Crippen LogP contribution in [-0.2, 0) is 9.59 Å². The summed E-state index contributed by atoms with van der Waals surface area (Å²) in [6.07, 6.45) is 7.72. The average molecular weight is 329 g/mol. The lowest BCUT2D eigenvalue weighted by atomic mass is 9.95. The molecular formula is C18H23N3O3. The van der Waals surface area contributed by atoms with Crippen LogP contribution < -0.4 is 5.32 Å². The number of likely N-dealkylation sites (N-methyl/N-ethyl adjacent to an activating group) is 1. The summed E-state index contributed by atoms with van der Waals surface area (Å²) in [6, 6.07) is 1.81. The highest BCUT2D eigenvalue weighted by Crippen LogP contribution is 2.32. The Hall–Kier alpha value is -2.37. The Morgan fingerprint density at radius 3 is 2.46 bits per heavy atom. The molecule has 0 spiro atoms. The summed E-state index contributed by atoms with van der Waals surface area (Å²) in [5.74, 6) is -1.20. The van der Waals surface area contributed by atoms with Crippen LogP contribution >= 0.6 is 0 Å². The van der Waals surface area contributed by atoms with E-state index in [4.69, 9.17) is 0 Å². The first kappa shape index (κ1) is 16.5. The second-order valence-corrected chi connectivity index (χ2v) is 6.67. The van der Waals surface area contributed by atoms with E-state index in [0.29, 0.717) is 6.04 Å². The van der Waals surface area contributed by atoms with Gasteiger partial charge >= 0.3 is 6.03 Å². The molecule has 6 nitrogen and oxygen atoms in total. The summed E-state index contributed by atoms with van der Waals surface area (Å²) in [7, 11) is 1.36. The largest absolute Gasteiger partial charge is 0.346 e. The highest BCUT2D eigenvalue weighted by Gasteiger charge is 2.33. The predicted octanol–water partition coefficient (Wildman–Crippen LogP) is 2.70. The molecule has 0 unspecified atom stereocenters. The number of carbonyl (C=O) groups is 3. The van der Waals surface area contributed by atoms with Gasteiger partial charge in [-0.2, -0.15) is 0 Å². The van der Waals surface area contributed by atoms with E-state index in [1.807, 2.05) is 13.0 Å². The number of hydrogen-bond acceptors (Lipinski definition) is 3. The van der Waals surface area contributed by atoms with Gasteiger partial charge in [0.2, 0.25) is 0 Å². The van der Waals surface area contributed by atoms with Crippen molar-refractivity contribution in [1.82, 2.24) is 14.8 Å². The molecule has 1 aliphatic heterocycles. The molecule has 1 aromatic rings. The van der Waals surface area contributed by atoms with Crippen LogP contribution in [-0.4, -0.2) is 34.4 Å². The van der Waals surface area contributed by atoms with Crippen molar-refractivity contribution in [3.63, 3.8) is 0 Å². The van der Waals surface area contributed by atoms with Gasteiger partial charge in [-0.3, -0.25) is 19.8 Å². The number of carbonyl (C=O) groups excluding carboxylic acids is 3. The van der Waals surface area contributed by atoms with Gasteiger partial charge in [-0.05, 0) is 44.4 Å². The number of aryl methyl sites for hydroxylation is 1. The third kappa shape index (κ3) is 2.77. The molecule has 1 N–H and O–H groups in total. The van der Waals surface area contributed by atoms with E-state index in [1.54, 1.807) is 6.08 Å². The van der Waals surface area contributed by atoms with Crippen molar-refractivity contribution in [2.24, 2.45) is 0 Å². The Labute approximate surface area is 141 Å². The zero-order valence-electron chi connectivity index (χ0n) is 14.4. The van der Waals surface area contributed by atoms with Gasteiger partial charge in [0, 0.05) is 24.5 Å². The van der Waals surface area contributed by atoms with Crippen LogP contribution in [0.3, 0.4) is 0 Å². The molecule has 128 valence electrons. The van der Waals surface area contributed by atoms with Crippen LogP contribution in [0.4, 0.5) is 4.79 Å². The van der Waals surface area contributed by atoms with Crippen LogP contribution in [0.1, 0.15) is 55.1 Å². The van der Waals surface area contributed by atoms with Gasteiger partial charge in [-0.15, -0.1) is 0 Å². The molecule has 2 aliphatic rings. The van der Waals surface area contributed by atoms with Crippen LogP contribution in [0.15, 0.2) is 11.6 Å². The lowest BCUT2D eigenvalue weighted by molar-refractivity contribution is -0.129. The van der Waals surface area contributed by atoms with Gasteiger partial charge in [-0.25, -0.2) is 4.79 Å². The van der Waals surface area contributed by atoms with Crippen LogP contribution in [0.25, 0.3) is 6.08 Å². The van der Waals surface area contributed by atoms with Crippen LogP contribution in [0, 0.1) is 13.8 Å². The lowest BCUT2D eigenvalue weighted by Crippen LogP contribution is -2.52. The summed E-state index contributed by atoms with van der Waals surface area (Å²) >= 11 is 0. The topological polar surface area (TPSA) is 71.4 Å². The third-order valence-electron chi connectivity index (χ3n) is 5.07. The Bertz CT molecular complexity index is 739. The highest BCUT2D eigenvalue weighted by atomic mass is 16.2. The lowest BCUT2D eigenvalue weighted by Gasteiger charge is -2.26. The van der Waals surface area contributed by atoms with Gasteiger partial charge in [-0.1, -0.05) is 19.3 Å². The maximum absolute atomic E-state index is 12.2. The first-order valence-electron chi connectivity index (χ1n) is 8.43. The first-order chi connectivity index (χ1) is 11.4. The first-order valence-corrected chi connectivity index (χ1v) is 8.43. The minimum absolute atomic E-state index is 0.000921. The van der Waals surface area contributed by atoms with Gasteiger partial charge in [0.15, 0.2) is 0 Å². The molecule has 1 saturated heterocycles. The van der Waals surface area contributed by atoms with Crippen LogP contribution in [0.2, 0.25) is 0 Å². The molecular weight excluding hydrogens is 306 g/mol. The van der Waals surface area contributed by atoms with E-state index in [1.165, 1.54) is 39.2 Å². The molecule has 4 amide bonds. The van der Waals surface area contributed by atoms with E-state index >= 15 is 0 Å². The highest BCUT2D eigenvalue weighted by molar-refractivity contribution is 6.30. The Balaban J connectivity index is 1.97. The number of aromatic nitrogens is 1. The fourth-order valence-corrected chi connectivity index (χ4v) is 3.75. The molecule has 6 heteroatoms. The molecule has 2 heterocycles. The summed E-state index contributed by atoms with van der Waals surface area (Å²) < 4.78 is 2.33. The summed E-state index contributed by atoms with van der Waals surface area (Å²) in [5.41, 5.74) is 3.06. The normalized spacial score (nSPS) is 21.5. The summed E-state index contributed by atoms with van der Waals surface area (Å²) in [5, 5.41) is 2.19. The monoisotopic (exact) mass is 329 g/mol. The molecule has 1 saturated carbocycles. The fourth-order valence-electron chi connectivity index (χ4n) is 3.75. The Morgan fingerprint density at radius 2 is 1.79 bits per heavy atom. The maximum atomic E-state index is 12.2. The smallest absolute Gasteiger partial charge is 0.331 e. The molecule has 0 atom stereocenters. The predicted molar refractivity (Wildman–Crippen MR) is 90.3 cm³/mol. The molecule has 3 rings (SSSR count). The van der Waals surface area contributed by atoms with E-state index in [-0.39, 0.29) is 5.57 Å². The fraction of sp³-hybridized carbons (Fsp3) is 0.500. The van der Waals surface area contributed by atoms with Gasteiger partial charge in [0.25, 0.3) is 11.8 Å². The minimum Gasteiger partial charge on any atom is -0.346 e. The SMILES string of the molecule is Cc1cc(/C=C2/C(=O)NC(=O)N(C)C2=O)c(C)n1C1CCCCC1. The molecule has 0 aromatic carbocycles. The Kier molecular flexibility index (Phi) is 4.30. The number of urea groups is 1. The second-order valence-electron chi connectivity index (χ2n) is 6.67. The number of hydrogen-bond donors (Lipinski definition) is 1. The third-order valence-corrected chi connectivity index (χ3v) is 5.07. The van der Waals surface area contributed by atoms with Crippen molar-refractivity contribution < 1.29 is 14.4 Å². The zero-order chi connectivity index (χ0) is 17.4. The number of rotatable bonds is 2. The average Bonchev–Trinajstić information content (AvgIpc) is 2.84. The van der Waals surface area contributed by atoms with Crippen molar-refractivity contribution >= 4 is 23.9 Å². The number of amides is 4. The Morgan fingerprint density at radius 1 is 1.12 bits per heavy atom. The quantitative estimate of drug-likeness (QED) is 0.670. The standard InChI is InChI=1S/C18H23N3O3/c1-11-9-13(12(2)21(11)14-7-5-4-6-8-14)10-15-16(22)19-18(24)20(3)17(15)23/h9-10,14H,4-8H2,1-3H3,(H,19,22,24)/b15-10-. The van der Waals surface area contributed by atoms with E-state index in [0.717, 1.165) is 21.9 Å².